The summed E-state index contributed by atoms with van der Waals surface area (Å²) in [6.07, 6.45) is 5.94. The van der Waals surface area contributed by atoms with Crippen molar-refractivity contribution in [2.75, 3.05) is 0 Å². The van der Waals surface area contributed by atoms with Gasteiger partial charge in [0.2, 0.25) is 0 Å². The van der Waals surface area contributed by atoms with E-state index in [1.165, 1.54) is 19.3 Å². The third kappa shape index (κ3) is 0.731. The molecule has 2 bridgehead atoms. The zero-order chi connectivity index (χ0) is 7.19. The first kappa shape index (κ1) is 6.66. The average Bonchev–Trinajstić information content (AvgIpc) is 2.41. The van der Waals surface area contributed by atoms with E-state index in [1.54, 1.807) is 0 Å². The first-order valence-corrected chi connectivity index (χ1v) is 4.47. The summed E-state index contributed by atoms with van der Waals surface area (Å²) in [5.41, 5.74) is -0.223. The fourth-order valence-corrected chi connectivity index (χ4v) is 2.90. The second kappa shape index (κ2) is 1.97. The van der Waals surface area contributed by atoms with Crippen LogP contribution in [0.3, 0.4) is 0 Å². The molecule has 0 radical (unpaired) electrons. The van der Waals surface area contributed by atoms with E-state index in [1.807, 2.05) is 0 Å². The lowest BCUT2D eigenvalue weighted by molar-refractivity contribution is 0.000715. The molecule has 0 amide bonds. The van der Waals surface area contributed by atoms with Gasteiger partial charge in [0, 0.05) is 0 Å². The summed E-state index contributed by atoms with van der Waals surface area (Å²) in [6.45, 7) is 2.20. The molecule has 2 rings (SSSR count). The summed E-state index contributed by atoms with van der Waals surface area (Å²) in [7, 11) is 0. The van der Waals surface area contributed by atoms with E-state index < -0.39 is 0 Å². The summed E-state index contributed by atoms with van der Waals surface area (Å²) >= 11 is 0. The predicted octanol–water partition coefficient (Wildman–Crippen LogP) is 1.95. The molecule has 1 nitrogen and oxygen atoms in total. The summed E-state index contributed by atoms with van der Waals surface area (Å²) in [5, 5.41) is 10.0. The highest BCUT2D eigenvalue weighted by molar-refractivity contribution is 5.01. The lowest BCUT2D eigenvalue weighted by atomic mass is 9.84. The van der Waals surface area contributed by atoms with Crippen molar-refractivity contribution in [3.8, 4) is 0 Å². The summed E-state index contributed by atoms with van der Waals surface area (Å²) < 4.78 is 0. The molecule has 0 aromatic carbocycles. The van der Waals surface area contributed by atoms with Crippen molar-refractivity contribution in [3.05, 3.63) is 0 Å². The van der Waals surface area contributed by atoms with E-state index in [0.29, 0.717) is 5.92 Å². The van der Waals surface area contributed by atoms with Crippen LogP contribution in [0.4, 0.5) is 0 Å². The molecule has 0 aliphatic heterocycles. The number of hydrogen-bond donors (Lipinski definition) is 1. The van der Waals surface area contributed by atoms with E-state index in [9.17, 15) is 5.11 Å². The van der Waals surface area contributed by atoms with Crippen molar-refractivity contribution in [1.82, 2.24) is 0 Å². The molecular formula is C9H16O. The number of fused-ring (bicyclic) bond motifs is 2. The van der Waals surface area contributed by atoms with Gasteiger partial charge in [-0.1, -0.05) is 13.3 Å². The smallest absolute Gasteiger partial charge is 0.0678 e. The van der Waals surface area contributed by atoms with Crippen LogP contribution in [-0.4, -0.2) is 10.7 Å². The molecule has 1 heteroatoms. The molecule has 0 spiro atoms. The Morgan fingerprint density at radius 2 is 2.40 bits per heavy atom. The molecule has 0 heterocycles. The lowest BCUT2D eigenvalue weighted by Gasteiger charge is -2.28. The van der Waals surface area contributed by atoms with Crippen LogP contribution in [0.5, 0.6) is 0 Å². The van der Waals surface area contributed by atoms with E-state index in [2.05, 4.69) is 6.92 Å². The second-order valence-electron chi connectivity index (χ2n) is 4.05. The van der Waals surface area contributed by atoms with Gasteiger partial charge < -0.3 is 5.11 Å². The third-order valence-electron chi connectivity index (χ3n) is 3.50. The van der Waals surface area contributed by atoms with Crippen LogP contribution in [0.1, 0.15) is 39.0 Å². The van der Waals surface area contributed by atoms with Crippen LogP contribution in [0.25, 0.3) is 0 Å². The Morgan fingerprint density at radius 1 is 1.60 bits per heavy atom. The topological polar surface area (TPSA) is 20.2 Å². The Balaban J connectivity index is 2.14. The third-order valence-corrected chi connectivity index (χ3v) is 3.50. The van der Waals surface area contributed by atoms with Gasteiger partial charge in [-0.15, -0.1) is 0 Å². The van der Waals surface area contributed by atoms with Crippen LogP contribution >= 0.6 is 0 Å². The van der Waals surface area contributed by atoms with Crippen molar-refractivity contribution in [2.24, 2.45) is 11.8 Å². The van der Waals surface area contributed by atoms with Gasteiger partial charge in [0.1, 0.15) is 0 Å². The van der Waals surface area contributed by atoms with Gasteiger partial charge in [0.05, 0.1) is 5.60 Å². The molecule has 2 aliphatic rings. The Hall–Kier alpha value is -0.0400. The molecule has 0 aromatic rings. The van der Waals surface area contributed by atoms with E-state index in [-0.39, 0.29) is 5.60 Å². The highest BCUT2D eigenvalue weighted by Crippen LogP contribution is 2.52. The van der Waals surface area contributed by atoms with Gasteiger partial charge in [0.25, 0.3) is 0 Å². The maximum atomic E-state index is 10.0. The molecule has 3 atom stereocenters. The van der Waals surface area contributed by atoms with Gasteiger partial charge in [-0.25, -0.2) is 0 Å². The summed E-state index contributed by atoms with van der Waals surface area (Å²) in [6, 6.07) is 0. The molecule has 10 heavy (non-hydrogen) atoms. The van der Waals surface area contributed by atoms with Crippen molar-refractivity contribution in [2.45, 2.75) is 44.6 Å². The molecule has 2 saturated carbocycles. The van der Waals surface area contributed by atoms with Crippen molar-refractivity contribution in [1.29, 1.82) is 0 Å². The number of aliphatic hydroxyl groups is 1. The second-order valence-corrected chi connectivity index (χ2v) is 4.05. The molecule has 1 N–H and O–H groups in total. The van der Waals surface area contributed by atoms with Crippen LogP contribution in [0, 0.1) is 11.8 Å². The Kier molecular flexibility index (Phi) is 1.31. The zero-order valence-electron chi connectivity index (χ0n) is 6.64. The van der Waals surface area contributed by atoms with Gasteiger partial charge in [0.15, 0.2) is 0 Å². The predicted molar refractivity (Wildman–Crippen MR) is 40.7 cm³/mol. The lowest BCUT2D eigenvalue weighted by Crippen LogP contribution is -2.31. The monoisotopic (exact) mass is 140 g/mol. The summed E-state index contributed by atoms with van der Waals surface area (Å²) in [5.74, 6) is 1.50. The fourth-order valence-electron chi connectivity index (χ4n) is 2.90. The minimum Gasteiger partial charge on any atom is -0.390 e. The van der Waals surface area contributed by atoms with Crippen molar-refractivity contribution >= 4 is 0 Å². The van der Waals surface area contributed by atoms with Crippen molar-refractivity contribution < 1.29 is 5.11 Å². The first-order chi connectivity index (χ1) is 4.74. The minimum absolute atomic E-state index is 0.223. The van der Waals surface area contributed by atoms with Crippen LogP contribution in [0.2, 0.25) is 0 Å². The molecular weight excluding hydrogens is 124 g/mol. The van der Waals surface area contributed by atoms with Crippen LogP contribution in [0.15, 0.2) is 0 Å². The first-order valence-electron chi connectivity index (χ1n) is 4.47. The fraction of sp³-hybridized carbons (Fsp3) is 1.00. The Morgan fingerprint density at radius 3 is 2.70 bits per heavy atom. The van der Waals surface area contributed by atoms with Gasteiger partial charge in [-0.2, -0.15) is 0 Å². The summed E-state index contributed by atoms with van der Waals surface area (Å²) in [4.78, 5) is 0. The quantitative estimate of drug-likeness (QED) is 0.590. The molecule has 2 fully saturated rings. The Labute approximate surface area is 62.4 Å². The highest BCUT2D eigenvalue weighted by atomic mass is 16.3. The van der Waals surface area contributed by atoms with Crippen LogP contribution in [-0.2, 0) is 0 Å². The minimum atomic E-state index is -0.223. The normalized spacial score (nSPS) is 52.2. The van der Waals surface area contributed by atoms with E-state index >= 15 is 0 Å². The number of hydrogen-bond acceptors (Lipinski definition) is 1. The molecule has 58 valence electrons. The van der Waals surface area contributed by atoms with E-state index in [0.717, 1.165) is 18.8 Å². The zero-order valence-corrected chi connectivity index (χ0v) is 6.64. The van der Waals surface area contributed by atoms with Crippen LogP contribution < -0.4 is 0 Å². The van der Waals surface area contributed by atoms with Gasteiger partial charge in [-0.3, -0.25) is 0 Å². The highest BCUT2D eigenvalue weighted by Gasteiger charge is 2.49. The van der Waals surface area contributed by atoms with E-state index in [4.69, 9.17) is 0 Å². The Bertz CT molecular complexity index is 144. The standard InChI is InChI=1S/C9H16O/c1-2-8-5-7-3-4-9(8,10)6-7/h7-8,10H,2-6H2,1H3. The molecule has 0 saturated heterocycles. The maximum Gasteiger partial charge on any atom is 0.0678 e. The molecule has 2 aliphatic carbocycles. The van der Waals surface area contributed by atoms with Gasteiger partial charge >= 0.3 is 0 Å². The molecule has 3 unspecified atom stereocenters. The average molecular weight is 140 g/mol. The SMILES string of the molecule is CCC1CC2CCC1(O)C2. The maximum absolute atomic E-state index is 10.0. The van der Waals surface area contributed by atoms with Crippen molar-refractivity contribution in [3.63, 3.8) is 0 Å². The number of rotatable bonds is 1. The largest absolute Gasteiger partial charge is 0.390 e. The van der Waals surface area contributed by atoms with Gasteiger partial charge in [-0.05, 0) is 37.5 Å². The molecule has 0 aromatic heterocycles.